The van der Waals surface area contributed by atoms with E-state index < -0.39 is 34.7 Å². The van der Waals surface area contributed by atoms with Crippen molar-refractivity contribution in [2.45, 2.75) is 51.7 Å². The van der Waals surface area contributed by atoms with E-state index in [0.717, 1.165) is 4.90 Å². The number of amides is 2. The Bertz CT molecular complexity index is 758. The first-order chi connectivity index (χ1) is 13.9. The van der Waals surface area contributed by atoms with Gasteiger partial charge in [-0.25, -0.2) is 14.4 Å². The predicted octanol–water partition coefficient (Wildman–Crippen LogP) is 3.17. The molecule has 1 atom stereocenters. The monoisotopic (exact) mass is 425 g/mol. The van der Waals surface area contributed by atoms with Gasteiger partial charge in [0, 0.05) is 25.7 Å². The maximum atomic E-state index is 12.0. The average molecular weight is 425 g/mol. The highest BCUT2D eigenvalue weighted by molar-refractivity contribution is 5.80. The van der Waals surface area contributed by atoms with Crippen LogP contribution in [0.5, 0.6) is 5.75 Å². The van der Waals surface area contributed by atoms with E-state index in [-0.39, 0.29) is 24.4 Å². The SMILES string of the molecule is CN(C(=O)OC(C)(C)C)[C@@H](CCCCNC(=O)Oc1ccc([N+](=O)[O-])cc1)C(=O)O. The molecular formula is C19H27N3O8. The molecule has 1 aromatic carbocycles. The fourth-order valence-electron chi connectivity index (χ4n) is 2.38. The van der Waals surface area contributed by atoms with E-state index >= 15 is 0 Å². The number of unbranched alkanes of at least 4 members (excludes halogenated alkanes) is 1. The summed E-state index contributed by atoms with van der Waals surface area (Å²) in [6.45, 7) is 5.30. The van der Waals surface area contributed by atoms with Gasteiger partial charge in [0.05, 0.1) is 4.92 Å². The maximum Gasteiger partial charge on any atom is 0.412 e. The van der Waals surface area contributed by atoms with Crippen LogP contribution in [0.1, 0.15) is 40.0 Å². The summed E-state index contributed by atoms with van der Waals surface area (Å²) in [5, 5.41) is 22.5. The van der Waals surface area contributed by atoms with Crippen LogP contribution in [0.25, 0.3) is 0 Å². The molecule has 0 aliphatic rings. The number of aliphatic carboxylic acids is 1. The first-order valence-corrected chi connectivity index (χ1v) is 9.29. The number of carbonyl (C=O) groups excluding carboxylic acids is 2. The second kappa shape index (κ2) is 11.0. The standard InChI is InChI=1S/C19H27N3O8/c1-19(2,3)30-18(26)21(4)15(16(23)24)7-5-6-12-20-17(25)29-14-10-8-13(9-11-14)22(27)28/h8-11,15H,5-7,12H2,1-4H3,(H,20,25)(H,23,24)/t15-/m0/s1. The predicted molar refractivity (Wildman–Crippen MR) is 106 cm³/mol. The molecule has 166 valence electrons. The third-order valence-electron chi connectivity index (χ3n) is 3.87. The molecule has 2 amide bonds. The minimum Gasteiger partial charge on any atom is -0.480 e. The van der Waals surface area contributed by atoms with Crippen LogP contribution in [-0.4, -0.2) is 58.3 Å². The number of hydrogen-bond acceptors (Lipinski definition) is 7. The fraction of sp³-hybridized carbons (Fsp3) is 0.526. The largest absolute Gasteiger partial charge is 0.480 e. The van der Waals surface area contributed by atoms with E-state index in [2.05, 4.69) is 5.32 Å². The summed E-state index contributed by atoms with van der Waals surface area (Å²) in [6.07, 6.45) is -0.378. The molecule has 11 heteroatoms. The second-order valence-corrected chi connectivity index (χ2v) is 7.51. The molecule has 0 aliphatic heterocycles. The van der Waals surface area contributed by atoms with Crippen molar-refractivity contribution in [2.24, 2.45) is 0 Å². The number of nitrogens with zero attached hydrogens (tertiary/aromatic N) is 2. The minimum atomic E-state index is -1.14. The van der Waals surface area contributed by atoms with E-state index in [4.69, 9.17) is 9.47 Å². The third-order valence-corrected chi connectivity index (χ3v) is 3.87. The Morgan fingerprint density at radius 3 is 2.30 bits per heavy atom. The number of carboxylic acids is 1. The average Bonchev–Trinajstić information content (AvgIpc) is 2.62. The van der Waals surface area contributed by atoms with Crippen molar-refractivity contribution in [3.63, 3.8) is 0 Å². The van der Waals surface area contributed by atoms with E-state index in [1.807, 2.05) is 0 Å². The fourth-order valence-corrected chi connectivity index (χ4v) is 2.38. The topological polar surface area (TPSA) is 148 Å². The van der Waals surface area contributed by atoms with Crippen LogP contribution in [0.2, 0.25) is 0 Å². The molecule has 2 N–H and O–H groups in total. The summed E-state index contributed by atoms with van der Waals surface area (Å²) in [5.41, 5.74) is -0.852. The summed E-state index contributed by atoms with van der Waals surface area (Å²) in [4.78, 5) is 46.3. The van der Waals surface area contributed by atoms with E-state index in [1.165, 1.54) is 31.3 Å². The molecule has 0 fully saturated rings. The maximum absolute atomic E-state index is 12.0. The number of carbonyl (C=O) groups is 3. The van der Waals surface area contributed by atoms with Gasteiger partial charge in [0.25, 0.3) is 5.69 Å². The molecular weight excluding hydrogens is 398 g/mol. The minimum absolute atomic E-state index is 0.118. The molecule has 1 rings (SSSR count). The highest BCUT2D eigenvalue weighted by Gasteiger charge is 2.29. The van der Waals surface area contributed by atoms with Gasteiger partial charge in [-0.1, -0.05) is 0 Å². The number of likely N-dealkylation sites (N-methyl/N-ethyl adjacent to an activating group) is 1. The number of non-ortho nitro benzene ring substituents is 1. The molecule has 0 heterocycles. The lowest BCUT2D eigenvalue weighted by atomic mass is 10.1. The number of hydrogen-bond donors (Lipinski definition) is 2. The van der Waals surface area contributed by atoms with Crippen LogP contribution in [0, 0.1) is 10.1 Å². The van der Waals surface area contributed by atoms with E-state index in [1.54, 1.807) is 20.8 Å². The van der Waals surface area contributed by atoms with Gasteiger partial charge in [-0.05, 0) is 52.2 Å². The second-order valence-electron chi connectivity index (χ2n) is 7.51. The smallest absolute Gasteiger partial charge is 0.412 e. The summed E-state index contributed by atoms with van der Waals surface area (Å²) >= 11 is 0. The van der Waals surface area contributed by atoms with Crippen molar-refractivity contribution in [1.82, 2.24) is 10.2 Å². The lowest BCUT2D eigenvalue weighted by molar-refractivity contribution is -0.384. The summed E-state index contributed by atoms with van der Waals surface area (Å²) < 4.78 is 10.2. The molecule has 0 saturated heterocycles. The van der Waals surface area contributed by atoms with Gasteiger partial charge < -0.3 is 19.9 Å². The van der Waals surface area contributed by atoms with Crippen molar-refractivity contribution in [2.75, 3.05) is 13.6 Å². The molecule has 0 saturated carbocycles. The van der Waals surface area contributed by atoms with E-state index in [0.29, 0.717) is 12.8 Å². The van der Waals surface area contributed by atoms with E-state index in [9.17, 15) is 29.6 Å². The van der Waals surface area contributed by atoms with Gasteiger partial charge >= 0.3 is 18.2 Å². The van der Waals surface area contributed by atoms with Crippen LogP contribution >= 0.6 is 0 Å². The Balaban J connectivity index is 2.39. The molecule has 30 heavy (non-hydrogen) atoms. The van der Waals surface area contributed by atoms with Crippen LogP contribution in [-0.2, 0) is 9.53 Å². The number of carboxylic acid groups (broad SMARTS) is 1. The lowest BCUT2D eigenvalue weighted by Gasteiger charge is -2.28. The van der Waals surface area contributed by atoms with Gasteiger partial charge in [-0.2, -0.15) is 0 Å². The lowest BCUT2D eigenvalue weighted by Crippen LogP contribution is -2.44. The molecule has 1 aromatic rings. The highest BCUT2D eigenvalue weighted by atomic mass is 16.6. The molecule has 0 unspecified atom stereocenters. The first kappa shape index (κ1) is 24.7. The number of ether oxygens (including phenoxy) is 2. The zero-order valence-electron chi connectivity index (χ0n) is 17.4. The molecule has 0 radical (unpaired) electrons. The van der Waals surface area contributed by atoms with Crippen LogP contribution in [0.4, 0.5) is 15.3 Å². The van der Waals surface area contributed by atoms with Gasteiger partial charge in [0.15, 0.2) is 0 Å². The Morgan fingerprint density at radius 1 is 1.20 bits per heavy atom. The Labute approximate surface area is 174 Å². The number of nitrogens with one attached hydrogen (secondary N) is 1. The number of rotatable bonds is 9. The highest BCUT2D eigenvalue weighted by Crippen LogP contribution is 2.17. The Hall–Kier alpha value is -3.37. The quantitative estimate of drug-likeness (QED) is 0.348. The number of nitro benzene ring substituents is 1. The Morgan fingerprint density at radius 2 is 1.80 bits per heavy atom. The molecule has 0 bridgehead atoms. The Kier molecular flexibility index (Phi) is 9.03. The zero-order valence-corrected chi connectivity index (χ0v) is 17.4. The number of benzene rings is 1. The summed E-state index contributed by atoms with van der Waals surface area (Å²) in [6, 6.07) is 4.00. The van der Waals surface area contributed by atoms with Gasteiger partial charge in [0.1, 0.15) is 17.4 Å². The molecule has 0 spiro atoms. The van der Waals surface area contributed by atoms with Crippen molar-refractivity contribution < 1.29 is 33.9 Å². The zero-order chi connectivity index (χ0) is 22.9. The third kappa shape index (κ3) is 8.76. The van der Waals surface area contributed by atoms with Gasteiger partial charge in [0.2, 0.25) is 0 Å². The number of nitro groups is 1. The summed E-state index contributed by atoms with van der Waals surface area (Å²) in [7, 11) is 1.37. The molecule has 11 nitrogen and oxygen atoms in total. The van der Waals surface area contributed by atoms with Crippen molar-refractivity contribution in [3.05, 3.63) is 34.4 Å². The van der Waals surface area contributed by atoms with Crippen LogP contribution in [0.15, 0.2) is 24.3 Å². The van der Waals surface area contributed by atoms with Crippen LogP contribution < -0.4 is 10.1 Å². The summed E-state index contributed by atoms with van der Waals surface area (Å²) in [5.74, 6) is -0.989. The van der Waals surface area contributed by atoms with Crippen molar-refractivity contribution in [3.8, 4) is 5.75 Å². The normalized spacial score (nSPS) is 11.9. The van der Waals surface area contributed by atoms with Crippen LogP contribution in [0.3, 0.4) is 0 Å². The first-order valence-electron chi connectivity index (χ1n) is 9.29. The van der Waals surface area contributed by atoms with Crippen molar-refractivity contribution >= 4 is 23.8 Å². The van der Waals surface area contributed by atoms with Gasteiger partial charge in [-0.15, -0.1) is 0 Å². The van der Waals surface area contributed by atoms with Crippen molar-refractivity contribution in [1.29, 1.82) is 0 Å². The van der Waals surface area contributed by atoms with Gasteiger partial charge in [-0.3, -0.25) is 15.0 Å². The molecule has 0 aliphatic carbocycles. The molecule has 0 aromatic heterocycles.